The molecule has 0 radical (unpaired) electrons. The van der Waals surface area contributed by atoms with Gasteiger partial charge in [0.15, 0.2) is 0 Å². The summed E-state index contributed by atoms with van der Waals surface area (Å²) in [5, 5.41) is 7.93. The van der Waals surface area contributed by atoms with Crippen LogP contribution in [0.2, 0.25) is 0 Å². The van der Waals surface area contributed by atoms with Crippen molar-refractivity contribution in [2.24, 2.45) is 5.10 Å². The molecule has 3 heterocycles. The Labute approximate surface area is 202 Å². The molecular formula is C28H24F2N4O. The van der Waals surface area contributed by atoms with E-state index in [1.54, 1.807) is 24.3 Å². The molecular weight excluding hydrogens is 446 g/mol. The van der Waals surface area contributed by atoms with E-state index >= 15 is 0 Å². The van der Waals surface area contributed by atoms with Crippen LogP contribution in [-0.4, -0.2) is 37.0 Å². The predicted molar refractivity (Wildman–Crippen MR) is 134 cm³/mol. The van der Waals surface area contributed by atoms with Crippen molar-refractivity contribution in [3.8, 4) is 0 Å². The van der Waals surface area contributed by atoms with Gasteiger partial charge in [-0.15, -0.1) is 0 Å². The molecule has 1 saturated heterocycles. The molecule has 35 heavy (non-hydrogen) atoms. The van der Waals surface area contributed by atoms with E-state index in [-0.39, 0.29) is 17.7 Å². The maximum Gasteiger partial charge on any atom is 0.134 e. The molecule has 1 fully saturated rings. The standard InChI is InChI=1S/C28H24F2N4O/c29-21-7-5-19(6-8-21)26-18-27(34(32-26)23-11-9-22(30)10-12-23)24-17-20-3-1-2-4-25(20)31-28(24)33-13-15-35-16-14-33/h1-12,17,27H,13-16,18H2. The van der Waals surface area contributed by atoms with Gasteiger partial charge in [-0.05, 0) is 54.1 Å². The fraction of sp³-hybridized carbons (Fsp3) is 0.214. The summed E-state index contributed by atoms with van der Waals surface area (Å²) in [5.74, 6) is 0.334. The van der Waals surface area contributed by atoms with E-state index in [1.165, 1.54) is 24.3 Å². The van der Waals surface area contributed by atoms with Crippen molar-refractivity contribution < 1.29 is 13.5 Å². The van der Waals surface area contributed by atoms with Crippen molar-refractivity contribution in [2.75, 3.05) is 36.2 Å². The fourth-order valence-corrected chi connectivity index (χ4v) is 4.80. The fourth-order valence-electron chi connectivity index (χ4n) is 4.80. The lowest BCUT2D eigenvalue weighted by Gasteiger charge is -2.33. The minimum atomic E-state index is -0.298. The van der Waals surface area contributed by atoms with Gasteiger partial charge in [-0.1, -0.05) is 30.3 Å². The van der Waals surface area contributed by atoms with Crippen molar-refractivity contribution in [1.29, 1.82) is 0 Å². The molecule has 4 aromatic rings. The third-order valence-electron chi connectivity index (χ3n) is 6.58. The first-order valence-corrected chi connectivity index (χ1v) is 11.8. The Bertz CT molecular complexity index is 1380. The third kappa shape index (κ3) is 4.23. The van der Waals surface area contributed by atoms with Crippen LogP contribution in [0.5, 0.6) is 0 Å². The molecule has 0 bridgehead atoms. The molecule has 6 rings (SSSR count). The zero-order valence-corrected chi connectivity index (χ0v) is 19.1. The highest BCUT2D eigenvalue weighted by Crippen LogP contribution is 2.41. The number of rotatable bonds is 4. The molecule has 1 atom stereocenters. The Morgan fingerprint density at radius 2 is 1.51 bits per heavy atom. The van der Waals surface area contributed by atoms with Crippen molar-refractivity contribution in [1.82, 2.24) is 4.98 Å². The normalized spacial score (nSPS) is 18.2. The first-order chi connectivity index (χ1) is 17.2. The van der Waals surface area contributed by atoms with Crippen LogP contribution in [-0.2, 0) is 4.74 Å². The number of pyridine rings is 1. The molecule has 0 saturated carbocycles. The number of fused-ring (bicyclic) bond motifs is 1. The van der Waals surface area contributed by atoms with Gasteiger partial charge < -0.3 is 9.64 Å². The summed E-state index contributed by atoms with van der Waals surface area (Å²) in [5.41, 5.74) is 4.48. The van der Waals surface area contributed by atoms with Crippen LogP contribution in [0.1, 0.15) is 23.6 Å². The molecule has 2 aliphatic rings. The quantitative estimate of drug-likeness (QED) is 0.383. The second kappa shape index (κ2) is 9.07. The Morgan fingerprint density at radius 1 is 0.829 bits per heavy atom. The Hall–Kier alpha value is -3.84. The smallest absolute Gasteiger partial charge is 0.134 e. The minimum absolute atomic E-state index is 0.157. The van der Waals surface area contributed by atoms with Crippen molar-refractivity contribution >= 4 is 28.1 Å². The highest BCUT2D eigenvalue weighted by atomic mass is 19.1. The lowest BCUT2D eigenvalue weighted by molar-refractivity contribution is 0.122. The van der Waals surface area contributed by atoms with Gasteiger partial charge in [0.2, 0.25) is 0 Å². The number of hydrogen-bond acceptors (Lipinski definition) is 5. The van der Waals surface area contributed by atoms with Crippen LogP contribution in [0.15, 0.2) is 84.0 Å². The van der Waals surface area contributed by atoms with Crippen molar-refractivity contribution in [3.05, 3.63) is 102 Å². The molecule has 3 aromatic carbocycles. The number of hydrazone groups is 1. The van der Waals surface area contributed by atoms with Gasteiger partial charge >= 0.3 is 0 Å². The van der Waals surface area contributed by atoms with Crippen LogP contribution >= 0.6 is 0 Å². The number of morpholine rings is 1. The van der Waals surface area contributed by atoms with Gasteiger partial charge in [0.05, 0.1) is 36.2 Å². The SMILES string of the molecule is Fc1ccc(C2=NN(c3ccc(F)cc3)C(c3cc4ccccc4nc3N3CCOCC3)C2)cc1. The number of ether oxygens (including phenoxy) is 1. The number of benzene rings is 3. The van der Waals surface area contributed by atoms with E-state index in [9.17, 15) is 8.78 Å². The monoisotopic (exact) mass is 470 g/mol. The van der Waals surface area contributed by atoms with E-state index in [0.29, 0.717) is 19.6 Å². The van der Waals surface area contributed by atoms with Gasteiger partial charge in [-0.25, -0.2) is 13.8 Å². The largest absolute Gasteiger partial charge is 0.378 e. The third-order valence-corrected chi connectivity index (χ3v) is 6.58. The molecule has 5 nitrogen and oxygen atoms in total. The highest BCUT2D eigenvalue weighted by Gasteiger charge is 2.34. The van der Waals surface area contributed by atoms with E-state index < -0.39 is 0 Å². The Kier molecular flexibility index (Phi) is 5.62. The molecule has 1 aromatic heterocycles. The molecule has 0 amide bonds. The minimum Gasteiger partial charge on any atom is -0.378 e. The number of nitrogens with zero attached hydrogens (tertiary/aromatic N) is 4. The van der Waals surface area contributed by atoms with Crippen LogP contribution in [0, 0.1) is 11.6 Å². The summed E-state index contributed by atoms with van der Waals surface area (Å²) in [6.07, 6.45) is 0.611. The lowest BCUT2D eigenvalue weighted by atomic mass is 9.96. The van der Waals surface area contributed by atoms with E-state index in [1.807, 2.05) is 23.2 Å². The van der Waals surface area contributed by atoms with Crippen LogP contribution in [0.25, 0.3) is 10.9 Å². The lowest BCUT2D eigenvalue weighted by Crippen LogP contribution is -2.38. The van der Waals surface area contributed by atoms with Crippen LogP contribution in [0.4, 0.5) is 20.3 Å². The van der Waals surface area contributed by atoms with E-state index in [0.717, 1.165) is 52.3 Å². The molecule has 0 aliphatic carbocycles. The summed E-state index contributed by atoms with van der Waals surface area (Å²) in [6, 6.07) is 22.9. The predicted octanol–water partition coefficient (Wildman–Crippen LogP) is 5.71. The number of anilines is 2. The second-order valence-corrected chi connectivity index (χ2v) is 8.79. The molecule has 176 valence electrons. The zero-order valence-electron chi connectivity index (χ0n) is 19.1. The molecule has 2 aliphatic heterocycles. The van der Waals surface area contributed by atoms with Gasteiger partial charge in [-0.2, -0.15) is 5.10 Å². The number of aromatic nitrogens is 1. The summed E-state index contributed by atoms with van der Waals surface area (Å²) >= 11 is 0. The molecule has 0 spiro atoms. The maximum absolute atomic E-state index is 13.7. The average molecular weight is 471 g/mol. The topological polar surface area (TPSA) is 41.0 Å². The Morgan fingerprint density at radius 3 is 2.26 bits per heavy atom. The van der Waals surface area contributed by atoms with E-state index in [2.05, 4.69) is 17.0 Å². The number of para-hydroxylation sites is 1. The average Bonchev–Trinajstić information content (AvgIpc) is 3.34. The van der Waals surface area contributed by atoms with E-state index in [4.69, 9.17) is 14.8 Å². The first kappa shape index (κ1) is 21.7. The van der Waals surface area contributed by atoms with Gasteiger partial charge in [0.25, 0.3) is 0 Å². The van der Waals surface area contributed by atoms with Gasteiger partial charge in [0.1, 0.15) is 17.5 Å². The van der Waals surface area contributed by atoms with Crippen LogP contribution < -0.4 is 9.91 Å². The molecule has 7 heteroatoms. The second-order valence-electron chi connectivity index (χ2n) is 8.79. The number of hydrogen-bond donors (Lipinski definition) is 0. The summed E-state index contributed by atoms with van der Waals surface area (Å²) in [4.78, 5) is 7.35. The van der Waals surface area contributed by atoms with Crippen molar-refractivity contribution in [3.63, 3.8) is 0 Å². The first-order valence-electron chi connectivity index (χ1n) is 11.8. The Balaban J connectivity index is 1.49. The summed E-state index contributed by atoms with van der Waals surface area (Å²) < 4.78 is 32.9. The molecule has 1 unspecified atom stereocenters. The summed E-state index contributed by atoms with van der Waals surface area (Å²) in [7, 11) is 0. The van der Waals surface area contributed by atoms with Gasteiger partial charge in [0, 0.05) is 30.5 Å². The molecule has 0 N–H and O–H groups in total. The zero-order chi connectivity index (χ0) is 23.8. The van der Waals surface area contributed by atoms with Crippen molar-refractivity contribution in [2.45, 2.75) is 12.5 Å². The maximum atomic E-state index is 13.7. The highest BCUT2D eigenvalue weighted by molar-refractivity contribution is 6.03. The van der Waals surface area contributed by atoms with Crippen LogP contribution in [0.3, 0.4) is 0 Å². The van der Waals surface area contributed by atoms with Gasteiger partial charge in [-0.3, -0.25) is 5.01 Å². The summed E-state index contributed by atoms with van der Waals surface area (Å²) in [6.45, 7) is 2.82. The number of halogens is 2.